The fraction of sp³-hybridized carbons (Fsp3) is 0.714. The largest absolute Gasteiger partial charge is 0.379 e. The number of hydrogen-bond acceptors (Lipinski definition) is 3. The van der Waals surface area contributed by atoms with E-state index in [4.69, 9.17) is 4.74 Å². The van der Waals surface area contributed by atoms with Crippen LogP contribution in [0.25, 0.3) is 0 Å². The predicted octanol–water partition coefficient (Wildman–Crippen LogP) is 3.46. The molecule has 0 aromatic heterocycles. The van der Waals surface area contributed by atoms with Crippen LogP contribution < -0.4 is 10.6 Å². The first kappa shape index (κ1) is 16.6. The molecule has 1 aromatic carbocycles. The maximum Gasteiger partial charge on any atom is 0.0623 e. The number of ether oxygens (including phenoxy) is 1. The van der Waals surface area contributed by atoms with Crippen molar-refractivity contribution in [2.24, 2.45) is 5.92 Å². The van der Waals surface area contributed by atoms with E-state index >= 15 is 0 Å². The van der Waals surface area contributed by atoms with Crippen molar-refractivity contribution < 1.29 is 4.74 Å². The van der Waals surface area contributed by atoms with Gasteiger partial charge in [0.25, 0.3) is 0 Å². The van der Waals surface area contributed by atoms with E-state index in [1.807, 2.05) is 0 Å². The van der Waals surface area contributed by atoms with E-state index in [1.165, 1.54) is 44.9 Å². The topological polar surface area (TPSA) is 33.3 Å². The van der Waals surface area contributed by atoms with Gasteiger partial charge in [-0.25, -0.2) is 0 Å². The van der Waals surface area contributed by atoms with Crippen LogP contribution in [0.15, 0.2) is 30.3 Å². The first-order valence-corrected chi connectivity index (χ1v) is 10.0. The highest BCUT2D eigenvalue weighted by atomic mass is 16.5. The quantitative estimate of drug-likeness (QED) is 0.888. The average Bonchev–Trinajstić information content (AvgIpc) is 3.12. The van der Waals surface area contributed by atoms with Crippen molar-refractivity contribution in [2.45, 2.75) is 69.0 Å². The van der Waals surface area contributed by atoms with Crippen molar-refractivity contribution in [3.05, 3.63) is 35.9 Å². The molecule has 2 aliphatic carbocycles. The Bertz CT molecular complexity index is 492. The van der Waals surface area contributed by atoms with Gasteiger partial charge in [0.2, 0.25) is 0 Å². The molecule has 3 nitrogen and oxygen atoms in total. The summed E-state index contributed by atoms with van der Waals surface area (Å²) in [6.45, 7) is 2.81. The highest BCUT2D eigenvalue weighted by molar-refractivity contribution is 5.20. The highest BCUT2D eigenvalue weighted by Gasteiger charge is 2.36. The zero-order valence-electron chi connectivity index (χ0n) is 14.8. The Hall–Kier alpha value is -0.900. The minimum absolute atomic E-state index is 0.569. The smallest absolute Gasteiger partial charge is 0.0623 e. The standard InChI is InChI=1S/C21H32N2O/c1-2-5-16(6-3-1)17-9-11-18(12-10-17)23-20-8-4-7-19(20)21-15-24-14-13-22-21/h1-3,5-6,17-23H,4,7-15H2. The van der Waals surface area contributed by atoms with Crippen molar-refractivity contribution in [3.8, 4) is 0 Å². The van der Waals surface area contributed by atoms with Gasteiger partial charge in [-0.05, 0) is 55.9 Å². The van der Waals surface area contributed by atoms with Crippen molar-refractivity contribution in [2.75, 3.05) is 19.8 Å². The Morgan fingerprint density at radius 2 is 1.79 bits per heavy atom. The summed E-state index contributed by atoms with van der Waals surface area (Å²) in [4.78, 5) is 0. The number of benzene rings is 1. The molecule has 3 unspecified atom stereocenters. The van der Waals surface area contributed by atoms with E-state index in [1.54, 1.807) is 5.56 Å². The molecule has 1 saturated heterocycles. The average molecular weight is 329 g/mol. The van der Waals surface area contributed by atoms with Crippen molar-refractivity contribution >= 4 is 0 Å². The Kier molecular flexibility index (Phi) is 5.51. The molecule has 2 saturated carbocycles. The molecule has 4 rings (SSSR count). The van der Waals surface area contributed by atoms with E-state index in [2.05, 4.69) is 41.0 Å². The molecule has 0 radical (unpaired) electrons. The SMILES string of the molecule is c1ccc(C2CCC(NC3CCCC3C3COCCN3)CC2)cc1. The van der Waals surface area contributed by atoms with Crippen molar-refractivity contribution in [1.82, 2.24) is 10.6 Å². The molecule has 2 N–H and O–H groups in total. The van der Waals surface area contributed by atoms with Gasteiger partial charge < -0.3 is 15.4 Å². The third kappa shape index (κ3) is 3.84. The van der Waals surface area contributed by atoms with Gasteiger partial charge in [0.1, 0.15) is 0 Å². The molecule has 0 amide bonds. The fourth-order valence-corrected chi connectivity index (χ4v) is 5.16. The van der Waals surface area contributed by atoms with Gasteiger partial charge in [-0.15, -0.1) is 0 Å². The Labute approximate surface area is 146 Å². The number of morpholine rings is 1. The van der Waals surface area contributed by atoms with Crippen molar-refractivity contribution in [1.29, 1.82) is 0 Å². The maximum atomic E-state index is 5.71. The number of rotatable bonds is 4. The fourth-order valence-electron chi connectivity index (χ4n) is 5.16. The lowest BCUT2D eigenvalue weighted by Crippen LogP contribution is -2.52. The van der Waals surface area contributed by atoms with E-state index < -0.39 is 0 Å². The zero-order valence-corrected chi connectivity index (χ0v) is 14.8. The van der Waals surface area contributed by atoms with Crippen LogP contribution in [0.2, 0.25) is 0 Å². The first-order valence-electron chi connectivity index (χ1n) is 10.0. The molecule has 0 spiro atoms. The van der Waals surface area contributed by atoms with Gasteiger partial charge in [0.05, 0.1) is 13.2 Å². The lowest BCUT2D eigenvalue weighted by Gasteiger charge is -2.37. The molecule has 1 heterocycles. The van der Waals surface area contributed by atoms with Crippen LogP contribution in [0, 0.1) is 5.92 Å². The Balaban J connectivity index is 1.28. The third-order valence-corrected chi connectivity index (χ3v) is 6.48. The Morgan fingerprint density at radius 3 is 2.54 bits per heavy atom. The summed E-state index contributed by atoms with van der Waals surface area (Å²) in [6, 6.07) is 13.1. The molecule has 3 atom stereocenters. The number of hydrogen-bond donors (Lipinski definition) is 2. The summed E-state index contributed by atoms with van der Waals surface area (Å²) in [5.74, 6) is 1.54. The molecule has 1 aliphatic heterocycles. The van der Waals surface area contributed by atoms with Gasteiger partial charge >= 0.3 is 0 Å². The molecule has 3 fully saturated rings. The van der Waals surface area contributed by atoms with Crippen LogP contribution >= 0.6 is 0 Å². The zero-order chi connectivity index (χ0) is 16.2. The van der Waals surface area contributed by atoms with E-state index in [0.717, 1.165) is 37.6 Å². The van der Waals surface area contributed by atoms with Crippen LogP contribution in [0.3, 0.4) is 0 Å². The molecular weight excluding hydrogens is 296 g/mol. The van der Waals surface area contributed by atoms with Gasteiger partial charge in [-0.2, -0.15) is 0 Å². The summed E-state index contributed by atoms with van der Waals surface area (Å²) in [6.07, 6.45) is 9.42. The van der Waals surface area contributed by atoms with Crippen LogP contribution in [-0.2, 0) is 4.74 Å². The summed E-state index contributed by atoms with van der Waals surface area (Å²) in [7, 11) is 0. The van der Waals surface area contributed by atoms with Crippen LogP contribution in [0.5, 0.6) is 0 Å². The predicted molar refractivity (Wildman–Crippen MR) is 98.3 cm³/mol. The third-order valence-electron chi connectivity index (χ3n) is 6.48. The van der Waals surface area contributed by atoms with Crippen LogP contribution in [0.4, 0.5) is 0 Å². The van der Waals surface area contributed by atoms with Gasteiger partial charge in [0.15, 0.2) is 0 Å². The first-order chi connectivity index (χ1) is 11.9. The lowest BCUT2D eigenvalue weighted by molar-refractivity contribution is 0.0511. The van der Waals surface area contributed by atoms with Crippen LogP contribution in [-0.4, -0.2) is 37.9 Å². The summed E-state index contributed by atoms with van der Waals surface area (Å²) in [5.41, 5.74) is 1.54. The molecule has 24 heavy (non-hydrogen) atoms. The normalized spacial score (nSPS) is 37.4. The molecule has 132 valence electrons. The second-order valence-electron chi connectivity index (χ2n) is 7.96. The minimum atomic E-state index is 0.569. The van der Waals surface area contributed by atoms with Gasteiger partial charge in [-0.1, -0.05) is 36.8 Å². The lowest BCUT2D eigenvalue weighted by atomic mass is 9.81. The monoisotopic (exact) mass is 328 g/mol. The Morgan fingerprint density at radius 1 is 0.958 bits per heavy atom. The van der Waals surface area contributed by atoms with E-state index in [-0.39, 0.29) is 0 Å². The summed E-state index contributed by atoms with van der Waals surface area (Å²) < 4.78 is 5.71. The summed E-state index contributed by atoms with van der Waals surface area (Å²) in [5, 5.41) is 7.73. The molecule has 3 heteroatoms. The highest BCUT2D eigenvalue weighted by Crippen LogP contribution is 2.35. The molecular formula is C21H32N2O. The van der Waals surface area contributed by atoms with Crippen molar-refractivity contribution in [3.63, 3.8) is 0 Å². The van der Waals surface area contributed by atoms with Gasteiger partial charge in [-0.3, -0.25) is 0 Å². The van der Waals surface area contributed by atoms with E-state index in [9.17, 15) is 0 Å². The molecule has 0 bridgehead atoms. The second kappa shape index (κ2) is 7.99. The maximum absolute atomic E-state index is 5.71. The van der Waals surface area contributed by atoms with Crippen LogP contribution in [0.1, 0.15) is 56.4 Å². The van der Waals surface area contributed by atoms with Gasteiger partial charge in [0, 0.05) is 24.7 Å². The number of nitrogens with one attached hydrogen (secondary N) is 2. The molecule has 1 aromatic rings. The van der Waals surface area contributed by atoms with E-state index in [0.29, 0.717) is 12.1 Å². The minimum Gasteiger partial charge on any atom is -0.379 e. The second-order valence-corrected chi connectivity index (χ2v) is 7.96. The molecule has 3 aliphatic rings. The summed E-state index contributed by atoms with van der Waals surface area (Å²) >= 11 is 0.